The second kappa shape index (κ2) is 7.00. The molecule has 2 heterocycles. The zero-order chi connectivity index (χ0) is 17.8. The van der Waals surface area contributed by atoms with Crippen LogP contribution in [0.5, 0.6) is 0 Å². The van der Waals surface area contributed by atoms with Gasteiger partial charge >= 0.3 is 0 Å². The van der Waals surface area contributed by atoms with E-state index in [-0.39, 0.29) is 17.9 Å². The fourth-order valence-electron chi connectivity index (χ4n) is 2.19. The maximum Gasteiger partial charge on any atom is 0.294 e. The molecule has 0 radical (unpaired) electrons. The lowest BCUT2D eigenvalue weighted by atomic mass is 10.2. The van der Waals surface area contributed by atoms with E-state index in [2.05, 4.69) is 15.7 Å². The Labute approximate surface area is 143 Å². The van der Waals surface area contributed by atoms with Gasteiger partial charge in [0.2, 0.25) is 0 Å². The highest BCUT2D eigenvalue weighted by atomic mass is 16.5. The molecule has 0 saturated heterocycles. The second-order valence-corrected chi connectivity index (χ2v) is 5.46. The third-order valence-corrected chi connectivity index (χ3v) is 3.37. The summed E-state index contributed by atoms with van der Waals surface area (Å²) in [6, 6.07) is 12.3. The Bertz CT molecular complexity index is 885. The monoisotopic (exact) mass is 340 g/mol. The van der Waals surface area contributed by atoms with Gasteiger partial charge in [-0.05, 0) is 19.4 Å². The summed E-state index contributed by atoms with van der Waals surface area (Å²) in [4.78, 5) is 25.0. The van der Waals surface area contributed by atoms with Crippen molar-refractivity contribution in [1.82, 2.24) is 20.7 Å². The third-order valence-electron chi connectivity index (χ3n) is 3.37. The van der Waals surface area contributed by atoms with Crippen LogP contribution in [-0.4, -0.2) is 27.1 Å². The molecule has 0 fully saturated rings. The first kappa shape index (κ1) is 16.4. The average molecular weight is 340 g/mol. The molecule has 1 aromatic carbocycles. The minimum Gasteiger partial charge on any atom is -0.361 e. The number of nitrogens with one attached hydrogen (secondary N) is 1. The number of hydrogen-bond donors (Lipinski definition) is 1. The molecule has 0 saturated carbocycles. The molecule has 1 N–H and O–H groups in total. The molecule has 0 unspecified atom stereocenters. The molecule has 3 aromatic rings. The Morgan fingerprint density at radius 1 is 1.00 bits per heavy atom. The van der Waals surface area contributed by atoms with Crippen molar-refractivity contribution in [3.05, 3.63) is 70.9 Å². The number of rotatable bonds is 4. The molecule has 128 valence electrons. The Balaban J connectivity index is 1.83. The van der Waals surface area contributed by atoms with Crippen molar-refractivity contribution in [3.8, 4) is 0 Å². The Morgan fingerprint density at radius 2 is 1.60 bits per heavy atom. The van der Waals surface area contributed by atoms with E-state index in [0.717, 1.165) is 5.56 Å². The number of carbonyl (C=O) groups excluding carboxylic acids is 2. The van der Waals surface area contributed by atoms with Crippen LogP contribution < -0.4 is 5.43 Å². The summed E-state index contributed by atoms with van der Waals surface area (Å²) in [5.74, 6) is -0.0460. The van der Waals surface area contributed by atoms with E-state index in [4.69, 9.17) is 9.05 Å². The van der Waals surface area contributed by atoms with Crippen LogP contribution in [0.15, 0.2) is 51.5 Å². The van der Waals surface area contributed by atoms with Crippen LogP contribution >= 0.6 is 0 Å². The van der Waals surface area contributed by atoms with E-state index in [1.807, 2.05) is 30.3 Å². The SMILES string of the molecule is Cc1cc(C(=O)NN(Cc2ccccc2)C(=O)c2cc(C)on2)no1. The molecule has 3 rings (SSSR count). The largest absolute Gasteiger partial charge is 0.361 e. The van der Waals surface area contributed by atoms with Gasteiger partial charge in [-0.2, -0.15) is 0 Å². The second-order valence-electron chi connectivity index (χ2n) is 5.46. The van der Waals surface area contributed by atoms with E-state index in [1.165, 1.54) is 17.1 Å². The predicted molar refractivity (Wildman–Crippen MR) is 86.3 cm³/mol. The summed E-state index contributed by atoms with van der Waals surface area (Å²) < 4.78 is 9.83. The van der Waals surface area contributed by atoms with E-state index in [0.29, 0.717) is 11.5 Å². The summed E-state index contributed by atoms with van der Waals surface area (Å²) >= 11 is 0. The van der Waals surface area contributed by atoms with Crippen LogP contribution in [0.25, 0.3) is 0 Å². The Kier molecular flexibility index (Phi) is 4.60. The maximum atomic E-state index is 12.7. The lowest BCUT2D eigenvalue weighted by molar-refractivity contribution is 0.0554. The van der Waals surface area contributed by atoms with Crippen LogP contribution in [0, 0.1) is 13.8 Å². The lowest BCUT2D eigenvalue weighted by Crippen LogP contribution is -2.45. The van der Waals surface area contributed by atoms with Gasteiger partial charge in [0.1, 0.15) is 11.5 Å². The Morgan fingerprint density at radius 3 is 2.16 bits per heavy atom. The van der Waals surface area contributed by atoms with Crippen molar-refractivity contribution in [2.24, 2.45) is 0 Å². The topological polar surface area (TPSA) is 101 Å². The lowest BCUT2D eigenvalue weighted by Gasteiger charge is -2.21. The number of aromatic nitrogens is 2. The van der Waals surface area contributed by atoms with Gasteiger partial charge in [0.25, 0.3) is 11.8 Å². The van der Waals surface area contributed by atoms with Crippen molar-refractivity contribution in [1.29, 1.82) is 0 Å². The first-order valence-electron chi connectivity index (χ1n) is 7.56. The molecule has 2 amide bonds. The number of hydrazine groups is 1. The van der Waals surface area contributed by atoms with Crippen LogP contribution in [0.4, 0.5) is 0 Å². The number of carbonyl (C=O) groups is 2. The first-order valence-corrected chi connectivity index (χ1v) is 7.56. The highest BCUT2D eigenvalue weighted by molar-refractivity contribution is 5.97. The smallest absolute Gasteiger partial charge is 0.294 e. The van der Waals surface area contributed by atoms with Gasteiger partial charge in [0.05, 0.1) is 6.54 Å². The van der Waals surface area contributed by atoms with Gasteiger partial charge in [0, 0.05) is 12.1 Å². The van der Waals surface area contributed by atoms with Gasteiger partial charge in [-0.25, -0.2) is 5.01 Å². The molecule has 0 spiro atoms. The minimum absolute atomic E-state index is 0.0831. The van der Waals surface area contributed by atoms with Crippen molar-refractivity contribution in [3.63, 3.8) is 0 Å². The molecule has 25 heavy (non-hydrogen) atoms. The van der Waals surface area contributed by atoms with Crippen LogP contribution in [0.3, 0.4) is 0 Å². The van der Waals surface area contributed by atoms with E-state index in [9.17, 15) is 9.59 Å². The summed E-state index contributed by atoms with van der Waals surface area (Å²) in [6.07, 6.45) is 0. The molecular formula is C17H16N4O4. The molecule has 0 aliphatic carbocycles. The van der Waals surface area contributed by atoms with Crippen LogP contribution in [-0.2, 0) is 6.54 Å². The third kappa shape index (κ3) is 3.92. The van der Waals surface area contributed by atoms with E-state index >= 15 is 0 Å². The summed E-state index contributed by atoms with van der Waals surface area (Å²) in [7, 11) is 0. The van der Waals surface area contributed by atoms with Gasteiger partial charge < -0.3 is 9.05 Å². The van der Waals surface area contributed by atoms with Gasteiger partial charge in [-0.3, -0.25) is 15.0 Å². The van der Waals surface area contributed by atoms with E-state index in [1.54, 1.807) is 13.8 Å². The minimum atomic E-state index is -0.554. The van der Waals surface area contributed by atoms with Crippen molar-refractivity contribution >= 4 is 11.8 Å². The molecule has 8 heteroatoms. The van der Waals surface area contributed by atoms with Crippen LogP contribution in [0.1, 0.15) is 38.1 Å². The molecule has 2 aromatic heterocycles. The molecule has 0 aliphatic heterocycles. The Hall–Kier alpha value is -3.42. The standard InChI is InChI=1S/C17H16N4O4/c1-11-8-14(19-24-11)16(22)18-21(10-13-6-4-3-5-7-13)17(23)15-9-12(2)25-20-15/h3-9H,10H2,1-2H3,(H,18,22). The summed E-state index contributed by atoms with van der Waals surface area (Å²) in [5.41, 5.74) is 3.57. The zero-order valence-electron chi connectivity index (χ0n) is 13.7. The van der Waals surface area contributed by atoms with E-state index < -0.39 is 11.8 Å². The number of benzene rings is 1. The fourth-order valence-corrected chi connectivity index (χ4v) is 2.19. The number of aryl methyl sites for hydroxylation is 2. The zero-order valence-corrected chi connectivity index (χ0v) is 13.7. The summed E-state index contributed by atoms with van der Waals surface area (Å²) in [6.45, 7) is 3.52. The first-order chi connectivity index (χ1) is 12.0. The van der Waals surface area contributed by atoms with Gasteiger partial charge in [0.15, 0.2) is 11.4 Å². The van der Waals surface area contributed by atoms with Gasteiger partial charge in [-0.1, -0.05) is 40.6 Å². The maximum absolute atomic E-state index is 12.7. The molecule has 8 nitrogen and oxygen atoms in total. The molecule has 0 aliphatic rings. The molecule has 0 bridgehead atoms. The normalized spacial score (nSPS) is 10.5. The molecular weight excluding hydrogens is 324 g/mol. The molecule has 0 atom stereocenters. The van der Waals surface area contributed by atoms with Crippen LogP contribution in [0.2, 0.25) is 0 Å². The number of hydrogen-bond acceptors (Lipinski definition) is 6. The quantitative estimate of drug-likeness (QED) is 0.731. The van der Waals surface area contributed by atoms with Crippen molar-refractivity contribution < 1.29 is 18.6 Å². The highest BCUT2D eigenvalue weighted by Crippen LogP contribution is 2.10. The van der Waals surface area contributed by atoms with Gasteiger partial charge in [-0.15, -0.1) is 0 Å². The van der Waals surface area contributed by atoms with Crippen molar-refractivity contribution in [2.75, 3.05) is 0 Å². The van der Waals surface area contributed by atoms with Crippen molar-refractivity contribution in [2.45, 2.75) is 20.4 Å². The number of amides is 2. The highest BCUT2D eigenvalue weighted by Gasteiger charge is 2.23. The fraction of sp³-hybridized carbons (Fsp3) is 0.176. The number of nitrogens with zero attached hydrogens (tertiary/aromatic N) is 3. The average Bonchev–Trinajstić information content (AvgIpc) is 3.23. The summed E-state index contributed by atoms with van der Waals surface area (Å²) in [5, 5.41) is 8.53. The predicted octanol–water partition coefficient (Wildman–Crippen LogP) is 2.27.